The molecule has 7 nitrogen and oxygen atoms in total. The summed E-state index contributed by atoms with van der Waals surface area (Å²) in [5.41, 5.74) is 4.62. The first-order chi connectivity index (χ1) is 15.3. The largest absolute Gasteiger partial charge is 0.486 e. The van der Waals surface area contributed by atoms with Crippen LogP contribution in [-0.4, -0.2) is 55.6 Å². The molecule has 0 radical (unpaired) electrons. The Morgan fingerprint density at radius 2 is 1.97 bits per heavy atom. The first-order valence-corrected chi connectivity index (χ1v) is 13.4. The molecular weight excluding hydrogens is 482 g/mol. The van der Waals surface area contributed by atoms with E-state index < -0.39 is 15.6 Å². The number of hydrogen-bond donors (Lipinski definition) is 1. The van der Waals surface area contributed by atoms with Gasteiger partial charge in [-0.1, -0.05) is 6.07 Å². The Labute approximate surface area is 203 Å². The molecule has 5 rings (SSSR count). The maximum atomic E-state index is 12.9. The van der Waals surface area contributed by atoms with Gasteiger partial charge in [0.2, 0.25) is 10.0 Å². The molecule has 1 aromatic heterocycles. The predicted molar refractivity (Wildman–Crippen MR) is 133 cm³/mol. The number of fused-ring (bicyclic) bond motifs is 2. The van der Waals surface area contributed by atoms with Gasteiger partial charge in [-0.2, -0.15) is 0 Å². The van der Waals surface area contributed by atoms with Crippen LogP contribution in [0, 0.1) is 0 Å². The third kappa shape index (κ3) is 5.32. The van der Waals surface area contributed by atoms with Crippen molar-refractivity contribution in [3.05, 3.63) is 53.0 Å². The van der Waals surface area contributed by atoms with Crippen LogP contribution in [0.2, 0.25) is 0 Å². The number of benzene rings is 2. The summed E-state index contributed by atoms with van der Waals surface area (Å²) in [5, 5.41) is 0. The maximum Gasteiger partial charge on any atom is 0.229 e. The first kappa shape index (κ1) is 23.9. The summed E-state index contributed by atoms with van der Waals surface area (Å²) in [7, 11) is -3.40. The zero-order valence-electron chi connectivity index (χ0n) is 18.2. The van der Waals surface area contributed by atoms with Crippen molar-refractivity contribution < 1.29 is 17.9 Å². The Morgan fingerprint density at radius 3 is 2.73 bits per heavy atom. The summed E-state index contributed by atoms with van der Waals surface area (Å²) >= 11 is 1.67. The van der Waals surface area contributed by atoms with E-state index in [1.165, 1.54) is 10.3 Å². The summed E-state index contributed by atoms with van der Waals surface area (Å²) in [6.07, 6.45) is 4.01. The molecule has 2 aliphatic rings. The number of rotatable bonds is 5. The van der Waals surface area contributed by atoms with Gasteiger partial charge in [0.05, 0.1) is 34.0 Å². The smallest absolute Gasteiger partial charge is 0.229 e. The molecule has 2 aliphatic heterocycles. The number of anilines is 1. The van der Waals surface area contributed by atoms with E-state index in [4.69, 9.17) is 4.74 Å². The molecular formula is C23H26ClN3O4S2. The lowest BCUT2D eigenvalue weighted by Crippen LogP contribution is -2.51. The number of carbonyl (C=O) groups excluding carboxylic acids is 1. The molecule has 0 amide bonds. The number of halogens is 1. The summed E-state index contributed by atoms with van der Waals surface area (Å²) in [5.74, 6) is 0.557. The SMILES string of the molecule is CS(=O)(=O)Nc1ccc2c(c1)C(=O)CC1(CCN(CCc3ccc4ncsc4c3)CC1)O2.Cl. The van der Waals surface area contributed by atoms with Crippen LogP contribution in [0.3, 0.4) is 0 Å². The number of ether oxygens (including phenoxy) is 1. The van der Waals surface area contributed by atoms with Crippen molar-refractivity contribution in [2.75, 3.05) is 30.6 Å². The van der Waals surface area contributed by atoms with Gasteiger partial charge in [-0.15, -0.1) is 23.7 Å². The zero-order chi connectivity index (χ0) is 22.3. The van der Waals surface area contributed by atoms with Crippen LogP contribution in [0.5, 0.6) is 5.75 Å². The number of ketones is 1. The van der Waals surface area contributed by atoms with Crippen molar-refractivity contribution in [3.8, 4) is 5.75 Å². The molecule has 0 aliphatic carbocycles. The van der Waals surface area contributed by atoms with E-state index in [0.29, 0.717) is 23.4 Å². The van der Waals surface area contributed by atoms with Gasteiger partial charge in [-0.3, -0.25) is 9.52 Å². The molecule has 1 fully saturated rings. The third-order valence-corrected chi connectivity index (χ3v) is 7.67. The zero-order valence-corrected chi connectivity index (χ0v) is 20.7. The van der Waals surface area contributed by atoms with Crippen molar-refractivity contribution in [2.24, 2.45) is 0 Å². The van der Waals surface area contributed by atoms with Crippen molar-refractivity contribution in [1.82, 2.24) is 9.88 Å². The molecule has 1 N–H and O–H groups in total. The number of hydrogen-bond acceptors (Lipinski definition) is 7. The summed E-state index contributed by atoms with van der Waals surface area (Å²) in [4.78, 5) is 19.7. The van der Waals surface area contributed by atoms with Crippen molar-refractivity contribution >= 4 is 55.5 Å². The fourth-order valence-electron chi connectivity index (χ4n) is 4.58. The first-order valence-electron chi connectivity index (χ1n) is 10.7. The summed E-state index contributed by atoms with van der Waals surface area (Å²) in [6, 6.07) is 11.4. The van der Waals surface area contributed by atoms with Gasteiger partial charge in [0.1, 0.15) is 11.4 Å². The molecule has 3 aromatic rings. The van der Waals surface area contributed by atoms with Gasteiger partial charge < -0.3 is 9.64 Å². The highest BCUT2D eigenvalue weighted by Crippen LogP contribution is 2.40. The minimum atomic E-state index is -3.40. The fraction of sp³-hybridized carbons (Fsp3) is 0.391. The monoisotopic (exact) mass is 507 g/mol. The highest BCUT2D eigenvalue weighted by Gasteiger charge is 2.42. The van der Waals surface area contributed by atoms with Gasteiger partial charge >= 0.3 is 0 Å². The van der Waals surface area contributed by atoms with Crippen LogP contribution in [0.15, 0.2) is 41.9 Å². The molecule has 3 heterocycles. The van der Waals surface area contributed by atoms with E-state index in [-0.39, 0.29) is 18.2 Å². The topological polar surface area (TPSA) is 88.6 Å². The molecule has 0 atom stereocenters. The minimum Gasteiger partial charge on any atom is -0.486 e. The average molecular weight is 508 g/mol. The lowest BCUT2D eigenvalue weighted by atomic mass is 9.82. The van der Waals surface area contributed by atoms with Gasteiger partial charge in [0.15, 0.2) is 5.78 Å². The lowest BCUT2D eigenvalue weighted by Gasteiger charge is -2.44. The van der Waals surface area contributed by atoms with Crippen LogP contribution in [0.25, 0.3) is 10.2 Å². The standard InChI is InChI=1S/C23H25N3O4S2.ClH/c1-32(28,29)25-17-3-5-21-18(13-17)20(27)14-23(30-21)7-10-26(11-8-23)9-6-16-2-4-19-22(12-16)31-15-24-19;/h2-5,12-13,15,25H,6-11,14H2,1H3;1H. The number of Topliss-reactive ketones (excluding diaryl/α,β-unsaturated/α-hetero) is 1. The number of aromatic nitrogens is 1. The number of sulfonamides is 1. The fourth-order valence-corrected chi connectivity index (χ4v) is 5.87. The van der Waals surface area contributed by atoms with E-state index >= 15 is 0 Å². The van der Waals surface area contributed by atoms with E-state index in [0.717, 1.165) is 50.7 Å². The van der Waals surface area contributed by atoms with E-state index in [1.807, 2.05) is 5.51 Å². The number of piperidine rings is 1. The Balaban J connectivity index is 0.00000259. The molecule has 1 spiro atoms. The molecule has 0 unspecified atom stereocenters. The van der Waals surface area contributed by atoms with Crippen molar-refractivity contribution in [2.45, 2.75) is 31.3 Å². The number of carbonyl (C=O) groups is 1. The third-order valence-electron chi connectivity index (χ3n) is 6.27. The van der Waals surface area contributed by atoms with E-state index in [1.54, 1.807) is 29.5 Å². The Kier molecular flexibility index (Phi) is 6.68. The quantitative estimate of drug-likeness (QED) is 0.558. The normalized spacial score (nSPS) is 17.9. The molecule has 2 aromatic carbocycles. The second-order valence-electron chi connectivity index (χ2n) is 8.72. The van der Waals surface area contributed by atoms with Crippen molar-refractivity contribution in [3.63, 3.8) is 0 Å². The van der Waals surface area contributed by atoms with E-state index in [2.05, 4.69) is 32.8 Å². The lowest BCUT2D eigenvalue weighted by molar-refractivity contribution is -0.00864. The Hall–Kier alpha value is -2.20. The van der Waals surface area contributed by atoms with Crippen LogP contribution >= 0.6 is 23.7 Å². The number of nitrogens with one attached hydrogen (secondary N) is 1. The second kappa shape index (κ2) is 9.21. The van der Waals surface area contributed by atoms with Crippen LogP contribution in [0.1, 0.15) is 35.2 Å². The Morgan fingerprint density at radius 1 is 1.18 bits per heavy atom. The van der Waals surface area contributed by atoms with E-state index in [9.17, 15) is 13.2 Å². The van der Waals surface area contributed by atoms with Gasteiger partial charge in [0.25, 0.3) is 0 Å². The highest BCUT2D eigenvalue weighted by molar-refractivity contribution is 7.92. The molecule has 0 bridgehead atoms. The van der Waals surface area contributed by atoms with Crippen LogP contribution in [0.4, 0.5) is 5.69 Å². The molecule has 10 heteroatoms. The minimum absolute atomic E-state index is 0. The number of likely N-dealkylation sites (tertiary alicyclic amines) is 1. The summed E-state index contributed by atoms with van der Waals surface area (Å²) < 4.78 is 32.9. The highest BCUT2D eigenvalue weighted by atomic mass is 35.5. The molecule has 0 saturated carbocycles. The van der Waals surface area contributed by atoms with Gasteiger partial charge in [-0.25, -0.2) is 13.4 Å². The van der Waals surface area contributed by atoms with Gasteiger partial charge in [-0.05, 0) is 42.3 Å². The number of nitrogens with zero attached hydrogens (tertiary/aromatic N) is 2. The van der Waals surface area contributed by atoms with Crippen molar-refractivity contribution in [1.29, 1.82) is 0 Å². The molecule has 1 saturated heterocycles. The average Bonchev–Trinajstić information content (AvgIpc) is 3.21. The van der Waals surface area contributed by atoms with Gasteiger partial charge in [0, 0.05) is 38.2 Å². The predicted octanol–water partition coefficient (Wildman–Crippen LogP) is 4.13. The summed E-state index contributed by atoms with van der Waals surface area (Å²) in [6.45, 7) is 2.75. The number of thiazole rings is 1. The molecule has 33 heavy (non-hydrogen) atoms. The van der Waals surface area contributed by atoms with Crippen LogP contribution < -0.4 is 9.46 Å². The second-order valence-corrected chi connectivity index (χ2v) is 11.4. The molecule has 176 valence electrons. The van der Waals surface area contributed by atoms with Crippen LogP contribution in [-0.2, 0) is 16.4 Å². The Bertz CT molecular complexity index is 1280. The maximum absolute atomic E-state index is 12.9.